The maximum Gasteiger partial charge on any atom is 0.0833 e. The van der Waals surface area contributed by atoms with E-state index in [-0.39, 0.29) is 6.04 Å². The number of rotatable bonds is 7. The summed E-state index contributed by atoms with van der Waals surface area (Å²) in [4.78, 5) is 0. The van der Waals surface area contributed by atoms with Crippen LogP contribution in [0.1, 0.15) is 18.2 Å². The quantitative estimate of drug-likeness (QED) is 0.734. The van der Waals surface area contributed by atoms with Crippen LogP contribution in [0.2, 0.25) is 5.02 Å². The molecule has 0 spiro atoms. The fraction of sp³-hybridized carbons (Fsp3) is 0.700. The first-order valence-corrected chi connectivity index (χ1v) is 5.54. The third-order valence-electron chi connectivity index (χ3n) is 2.29. The number of aromatic nitrogens is 2. The van der Waals surface area contributed by atoms with E-state index in [1.54, 1.807) is 18.0 Å². The van der Waals surface area contributed by atoms with Crippen LogP contribution in [-0.2, 0) is 16.5 Å². The van der Waals surface area contributed by atoms with Crippen molar-refractivity contribution in [2.75, 3.05) is 26.9 Å². The SMILES string of the molecule is COCCOCCC(N)c1c(Cl)cnn1C. The van der Waals surface area contributed by atoms with Crippen molar-refractivity contribution in [1.82, 2.24) is 9.78 Å². The number of hydrogen-bond acceptors (Lipinski definition) is 4. The van der Waals surface area contributed by atoms with Crippen LogP contribution in [0.5, 0.6) is 0 Å². The van der Waals surface area contributed by atoms with Gasteiger partial charge in [0, 0.05) is 20.8 Å². The molecule has 2 N–H and O–H groups in total. The highest BCUT2D eigenvalue weighted by atomic mass is 35.5. The predicted octanol–water partition coefficient (Wildman–Crippen LogP) is 1.13. The van der Waals surface area contributed by atoms with Gasteiger partial charge in [0.05, 0.1) is 36.2 Å². The molecule has 16 heavy (non-hydrogen) atoms. The van der Waals surface area contributed by atoms with Crippen molar-refractivity contribution in [3.8, 4) is 0 Å². The fourth-order valence-electron chi connectivity index (χ4n) is 1.43. The zero-order valence-corrected chi connectivity index (χ0v) is 10.4. The average Bonchev–Trinajstić information content (AvgIpc) is 2.58. The minimum atomic E-state index is -0.150. The van der Waals surface area contributed by atoms with Gasteiger partial charge in [-0.2, -0.15) is 5.10 Å². The molecule has 1 atom stereocenters. The molecule has 0 fully saturated rings. The number of aryl methyl sites for hydroxylation is 1. The highest BCUT2D eigenvalue weighted by Crippen LogP contribution is 2.22. The zero-order valence-electron chi connectivity index (χ0n) is 9.65. The molecule has 1 rings (SSSR count). The second-order valence-electron chi connectivity index (χ2n) is 3.50. The van der Waals surface area contributed by atoms with Crippen LogP contribution in [0.3, 0.4) is 0 Å². The lowest BCUT2D eigenvalue weighted by Gasteiger charge is -2.12. The van der Waals surface area contributed by atoms with E-state index in [2.05, 4.69) is 5.10 Å². The Morgan fingerprint density at radius 1 is 1.50 bits per heavy atom. The van der Waals surface area contributed by atoms with Crippen molar-refractivity contribution < 1.29 is 9.47 Å². The molecule has 0 bridgehead atoms. The average molecular weight is 248 g/mol. The Morgan fingerprint density at radius 2 is 2.25 bits per heavy atom. The third-order valence-corrected chi connectivity index (χ3v) is 2.59. The van der Waals surface area contributed by atoms with Gasteiger partial charge in [-0.1, -0.05) is 11.6 Å². The molecular weight excluding hydrogens is 230 g/mol. The summed E-state index contributed by atoms with van der Waals surface area (Å²) in [6.45, 7) is 1.77. The molecule has 0 saturated carbocycles. The monoisotopic (exact) mass is 247 g/mol. The lowest BCUT2D eigenvalue weighted by molar-refractivity contribution is 0.0669. The molecular formula is C10H18ClN3O2. The van der Waals surface area contributed by atoms with Crippen LogP contribution < -0.4 is 5.73 Å². The Kier molecular flexibility index (Phi) is 5.76. The minimum absolute atomic E-state index is 0.150. The maximum absolute atomic E-state index is 6.00. The second-order valence-corrected chi connectivity index (χ2v) is 3.91. The molecule has 0 amide bonds. The standard InChI is InChI=1S/C10H18ClN3O2/c1-14-10(8(11)7-13-14)9(12)3-4-16-6-5-15-2/h7,9H,3-6,12H2,1-2H3. The smallest absolute Gasteiger partial charge is 0.0833 e. The van der Waals surface area contributed by atoms with Gasteiger partial charge >= 0.3 is 0 Å². The molecule has 0 aliphatic rings. The van der Waals surface area contributed by atoms with E-state index in [0.717, 1.165) is 5.69 Å². The first kappa shape index (κ1) is 13.4. The van der Waals surface area contributed by atoms with Gasteiger partial charge in [0.1, 0.15) is 0 Å². The molecule has 92 valence electrons. The second kappa shape index (κ2) is 6.85. The van der Waals surface area contributed by atoms with E-state index in [4.69, 9.17) is 26.8 Å². The van der Waals surface area contributed by atoms with Gasteiger partial charge in [-0.05, 0) is 6.42 Å². The summed E-state index contributed by atoms with van der Waals surface area (Å²) in [5, 5.41) is 4.64. The summed E-state index contributed by atoms with van der Waals surface area (Å²) in [7, 11) is 3.47. The highest BCUT2D eigenvalue weighted by molar-refractivity contribution is 6.31. The number of methoxy groups -OCH3 is 1. The van der Waals surface area contributed by atoms with Crippen molar-refractivity contribution >= 4 is 11.6 Å². The molecule has 0 aliphatic heterocycles. The van der Waals surface area contributed by atoms with Gasteiger partial charge in [0.25, 0.3) is 0 Å². The highest BCUT2D eigenvalue weighted by Gasteiger charge is 2.14. The summed E-state index contributed by atoms with van der Waals surface area (Å²) in [5.74, 6) is 0. The molecule has 1 aromatic heterocycles. The van der Waals surface area contributed by atoms with Gasteiger partial charge in [-0.25, -0.2) is 0 Å². The molecule has 1 unspecified atom stereocenters. The lowest BCUT2D eigenvalue weighted by Crippen LogP contribution is -2.17. The van der Waals surface area contributed by atoms with Crippen LogP contribution in [0, 0.1) is 0 Å². The Hall–Kier alpha value is -0.620. The first-order chi connectivity index (χ1) is 7.66. The van der Waals surface area contributed by atoms with Crippen molar-refractivity contribution in [3.05, 3.63) is 16.9 Å². The van der Waals surface area contributed by atoms with E-state index in [1.165, 1.54) is 0 Å². The van der Waals surface area contributed by atoms with E-state index >= 15 is 0 Å². The van der Waals surface area contributed by atoms with Crippen LogP contribution in [0.25, 0.3) is 0 Å². The fourth-order valence-corrected chi connectivity index (χ4v) is 1.73. The largest absolute Gasteiger partial charge is 0.382 e. The third kappa shape index (κ3) is 3.75. The molecule has 0 radical (unpaired) electrons. The summed E-state index contributed by atoms with van der Waals surface area (Å²) in [5.41, 5.74) is 6.84. The first-order valence-electron chi connectivity index (χ1n) is 5.16. The van der Waals surface area contributed by atoms with E-state index in [1.807, 2.05) is 7.05 Å². The van der Waals surface area contributed by atoms with Gasteiger partial charge in [0.2, 0.25) is 0 Å². The summed E-state index contributed by atoms with van der Waals surface area (Å²) < 4.78 is 11.9. The number of nitrogens with zero attached hydrogens (tertiary/aromatic N) is 2. The lowest BCUT2D eigenvalue weighted by atomic mass is 10.1. The van der Waals surface area contributed by atoms with Crippen molar-refractivity contribution in [1.29, 1.82) is 0 Å². The van der Waals surface area contributed by atoms with Gasteiger partial charge in [-0.15, -0.1) is 0 Å². The Labute approximate surface area is 100 Å². The van der Waals surface area contributed by atoms with Crippen molar-refractivity contribution in [2.45, 2.75) is 12.5 Å². The summed E-state index contributed by atoms with van der Waals surface area (Å²) >= 11 is 5.98. The van der Waals surface area contributed by atoms with E-state index < -0.39 is 0 Å². The van der Waals surface area contributed by atoms with E-state index in [9.17, 15) is 0 Å². The molecule has 0 aromatic carbocycles. The molecule has 1 aromatic rings. The molecule has 5 nitrogen and oxygen atoms in total. The Morgan fingerprint density at radius 3 is 2.81 bits per heavy atom. The maximum atomic E-state index is 6.00. The Balaban J connectivity index is 2.32. The van der Waals surface area contributed by atoms with E-state index in [0.29, 0.717) is 31.3 Å². The normalized spacial score (nSPS) is 13.0. The van der Waals surface area contributed by atoms with Crippen molar-refractivity contribution in [3.63, 3.8) is 0 Å². The topological polar surface area (TPSA) is 62.3 Å². The van der Waals surface area contributed by atoms with Gasteiger partial charge in [0.15, 0.2) is 0 Å². The van der Waals surface area contributed by atoms with Gasteiger partial charge < -0.3 is 15.2 Å². The molecule has 0 saturated heterocycles. The zero-order chi connectivity index (χ0) is 12.0. The molecule has 1 heterocycles. The Bertz CT molecular complexity index is 298. The van der Waals surface area contributed by atoms with Crippen LogP contribution in [0.4, 0.5) is 0 Å². The molecule has 0 aliphatic carbocycles. The minimum Gasteiger partial charge on any atom is -0.382 e. The number of hydrogen-bond donors (Lipinski definition) is 1. The van der Waals surface area contributed by atoms with Crippen molar-refractivity contribution in [2.24, 2.45) is 12.8 Å². The predicted molar refractivity (Wildman–Crippen MR) is 62.5 cm³/mol. The van der Waals surface area contributed by atoms with Crippen LogP contribution in [0.15, 0.2) is 6.20 Å². The molecule has 6 heteroatoms. The van der Waals surface area contributed by atoms with Gasteiger partial charge in [-0.3, -0.25) is 4.68 Å². The van der Waals surface area contributed by atoms with Crippen LogP contribution >= 0.6 is 11.6 Å². The number of nitrogens with two attached hydrogens (primary N) is 1. The number of halogens is 1. The number of ether oxygens (including phenoxy) is 2. The summed E-state index contributed by atoms with van der Waals surface area (Å²) in [6, 6.07) is -0.150. The summed E-state index contributed by atoms with van der Waals surface area (Å²) in [6.07, 6.45) is 2.31. The van der Waals surface area contributed by atoms with Crippen LogP contribution in [-0.4, -0.2) is 36.7 Å².